The monoisotopic (exact) mass is 424 g/mol. The summed E-state index contributed by atoms with van der Waals surface area (Å²) in [4.78, 5) is 12.0. The Bertz CT molecular complexity index is 927. The molecular formula is C14H15ClF2N4O3S2. The first-order chi connectivity index (χ1) is 11.9. The van der Waals surface area contributed by atoms with Crippen molar-refractivity contribution in [3.63, 3.8) is 0 Å². The summed E-state index contributed by atoms with van der Waals surface area (Å²) in [6.07, 6.45) is -2.80. The fraction of sp³-hybridized carbons (Fsp3) is 0.357. The minimum atomic E-state index is -3.97. The highest BCUT2D eigenvalue weighted by molar-refractivity contribution is 7.89. The number of benzene rings is 1. The molecule has 0 unspecified atom stereocenters. The van der Waals surface area contributed by atoms with E-state index in [1.807, 2.05) is 0 Å². The van der Waals surface area contributed by atoms with Gasteiger partial charge in [0.05, 0.1) is 5.02 Å². The second kappa shape index (κ2) is 7.51. The molecular weight excluding hydrogens is 410 g/mol. The number of anilines is 1. The zero-order valence-electron chi connectivity index (χ0n) is 13.9. The molecule has 0 saturated carbocycles. The van der Waals surface area contributed by atoms with Crippen LogP contribution in [0.15, 0.2) is 23.1 Å². The second-order valence-corrected chi connectivity index (χ2v) is 9.27. The summed E-state index contributed by atoms with van der Waals surface area (Å²) in [7, 11) is -3.97. The van der Waals surface area contributed by atoms with E-state index in [1.165, 1.54) is 12.1 Å². The third-order valence-electron chi connectivity index (χ3n) is 2.77. The van der Waals surface area contributed by atoms with Gasteiger partial charge in [0.1, 0.15) is 4.90 Å². The minimum absolute atomic E-state index is 0.0301. The molecule has 0 spiro atoms. The predicted molar refractivity (Wildman–Crippen MR) is 94.3 cm³/mol. The molecule has 2 aromatic rings. The summed E-state index contributed by atoms with van der Waals surface area (Å²) in [5.74, 6) is -0.731. The van der Waals surface area contributed by atoms with Crippen LogP contribution in [0, 0.1) is 0 Å². The third kappa shape index (κ3) is 5.16. The van der Waals surface area contributed by atoms with Crippen LogP contribution in [-0.4, -0.2) is 30.1 Å². The van der Waals surface area contributed by atoms with E-state index >= 15 is 0 Å². The van der Waals surface area contributed by atoms with Crippen molar-refractivity contribution < 1.29 is 22.0 Å². The molecule has 142 valence electrons. The molecule has 2 N–H and O–H groups in total. The Morgan fingerprint density at radius 1 is 1.27 bits per heavy atom. The highest BCUT2D eigenvalue weighted by Gasteiger charge is 2.25. The summed E-state index contributed by atoms with van der Waals surface area (Å²) in [6, 6.07) is 3.67. The van der Waals surface area contributed by atoms with Gasteiger partial charge in [0.15, 0.2) is 5.01 Å². The second-order valence-electron chi connectivity index (χ2n) is 6.20. The van der Waals surface area contributed by atoms with Crippen LogP contribution in [0.25, 0.3) is 0 Å². The van der Waals surface area contributed by atoms with Crippen LogP contribution in [0.1, 0.15) is 42.6 Å². The van der Waals surface area contributed by atoms with Crippen LogP contribution in [0.3, 0.4) is 0 Å². The van der Waals surface area contributed by atoms with E-state index in [-0.39, 0.29) is 20.6 Å². The van der Waals surface area contributed by atoms with Crippen molar-refractivity contribution in [3.8, 4) is 0 Å². The largest absolute Gasteiger partial charge is 0.296 e. The molecule has 0 aliphatic heterocycles. The number of nitrogens with one attached hydrogen (secondary N) is 2. The molecule has 7 nitrogen and oxygen atoms in total. The summed E-state index contributed by atoms with van der Waals surface area (Å²) in [5.41, 5.74) is -0.781. The van der Waals surface area contributed by atoms with Crippen LogP contribution < -0.4 is 10.0 Å². The first-order valence-corrected chi connectivity index (χ1v) is 9.83. The van der Waals surface area contributed by atoms with Crippen LogP contribution >= 0.6 is 22.9 Å². The van der Waals surface area contributed by atoms with Gasteiger partial charge in [0.25, 0.3) is 12.3 Å². The van der Waals surface area contributed by atoms with Crippen molar-refractivity contribution in [2.24, 2.45) is 0 Å². The number of hydrogen-bond acceptors (Lipinski definition) is 6. The average Bonchev–Trinajstić information content (AvgIpc) is 2.93. The Morgan fingerprint density at radius 3 is 2.46 bits per heavy atom. The number of carbonyl (C=O) groups is 1. The molecule has 0 radical (unpaired) electrons. The lowest BCUT2D eigenvalue weighted by atomic mass is 10.1. The number of nitrogens with zero attached hydrogens (tertiary/aromatic N) is 2. The number of halogens is 3. The molecule has 0 bridgehead atoms. The van der Waals surface area contributed by atoms with Crippen molar-refractivity contribution in [1.82, 2.24) is 14.9 Å². The zero-order chi connectivity index (χ0) is 19.7. The van der Waals surface area contributed by atoms with E-state index in [0.717, 1.165) is 6.07 Å². The minimum Gasteiger partial charge on any atom is -0.296 e. The van der Waals surface area contributed by atoms with Gasteiger partial charge in [-0.05, 0) is 39.0 Å². The lowest BCUT2D eigenvalue weighted by Gasteiger charge is -2.21. The third-order valence-corrected chi connectivity index (χ3v) is 5.86. The van der Waals surface area contributed by atoms with Crippen LogP contribution in [0.4, 0.5) is 13.9 Å². The molecule has 0 aliphatic rings. The van der Waals surface area contributed by atoms with E-state index in [1.54, 1.807) is 20.8 Å². The summed E-state index contributed by atoms with van der Waals surface area (Å²) >= 11 is 6.48. The molecule has 1 amide bonds. The highest BCUT2D eigenvalue weighted by atomic mass is 35.5. The molecule has 0 atom stereocenters. The van der Waals surface area contributed by atoms with Gasteiger partial charge < -0.3 is 0 Å². The van der Waals surface area contributed by atoms with Gasteiger partial charge in [-0.15, -0.1) is 10.2 Å². The Balaban J connectivity index is 2.29. The van der Waals surface area contributed by atoms with Crippen molar-refractivity contribution >= 4 is 44.0 Å². The zero-order valence-corrected chi connectivity index (χ0v) is 16.3. The summed E-state index contributed by atoms with van der Waals surface area (Å²) in [5, 5.41) is 8.26. The quantitative estimate of drug-likeness (QED) is 0.765. The number of hydrogen-bond donors (Lipinski definition) is 2. The van der Waals surface area contributed by atoms with E-state index in [4.69, 9.17) is 11.6 Å². The Hall–Kier alpha value is -1.69. The molecule has 26 heavy (non-hydrogen) atoms. The van der Waals surface area contributed by atoms with Gasteiger partial charge in [-0.1, -0.05) is 22.9 Å². The van der Waals surface area contributed by atoms with Crippen molar-refractivity contribution in [3.05, 3.63) is 33.8 Å². The van der Waals surface area contributed by atoms with Crippen LogP contribution in [-0.2, 0) is 10.0 Å². The normalized spacial score (nSPS) is 12.4. The standard InChI is InChI=1S/C14H15ClF2N4O3S2/c1-14(2,3)21-26(23,24)9-6-7(4-5-8(9)15)11(22)18-13-20-19-12(25-13)10(16)17/h4-6,10,21H,1-3H3,(H,18,20,22). The van der Waals surface area contributed by atoms with E-state index in [2.05, 4.69) is 20.2 Å². The topological polar surface area (TPSA) is 101 Å². The molecule has 1 heterocycles. The molecule has 1 aromatic carbocycles. The van der Waals surface area contributed by atoms with Gasteiger partial charge in [-0.3, -0.25) is 10.1 Å². The van der Waals surface area contributed by atoms with Crippen LogP contribution in [0.2, 0.25) is 5.02 Å². The van der Waals surface area contributed by atoms with E-state index < -0.39 is 32.9 Å². The maximum Gasteiger partial charge on any atom is 0.291 e. The van der Waals surface area contributed by atoms with Crippen LogP contribution in [0.5, 0.6) is 0 Å². The SMILES string of the molecule is CC(C)(C)NS(=O)(=O)c1cc(C(=O)Nc2nnc(C(F)F)s2)ccc1Cl. The number of amides is 1. The Morgan fingerprint density at radius 2 is 1.92 bits per heavy atom. The molecule has 12 heteroatoms. The molecule has 0 saturated heterocycles. The molecule has 1 aromatic heterocycles. The van der Waals surface area contributed by atoms with Gasteiger partial charge in [-0.2, -0.15) is 0 Å². The fourth-order valence-electron chi connectivity index (χ4n) is 1.85. The predicted octanol–water partition coefficient (Wildman–Crippen LogP) is 3.46. The van der Waals surface area contributed by atoms with Gasteiger partial charge in [0.2, 0.25) is 15.2 Å². The van der Waals surface area contributed by atoms with Gasteiger partial charge in [0, 0.05) is 11.1 Å². The number of rotatable bonds is 5. The lowest BCUT2D eigenvalue weighted by Crippen LogP contribution is -2.40. The maximum atomic E-state index is 12.5. The molecule has 0 aliphatic carbocycles. The Kier molecular flexibility index (Phi) is 5.95. The number of carbonyl (C=O) groups excluding carboxylic acids is 1. The fourth-order valence-corrected chi connectivity index (χ4v) is 4.39. The smallest absolute Gasteiger partial charge is 0.291 e. The number of alkyl halides is 2. The number of aromatic nitrogens is 2. The first-order valence-electron chi connectivity index (χ1n) is 7.15. The Labute approximate surface area is 157 Å². The van der Waals surface area contributed by atoms with E-state index in [0.29, 0.717) is 11.3 Å². The van der Waals surface area contributed by atoms with Crippen molar-refractivity contribution in [1.29, 1.82) is 0 Å². The first kappa shape index (κ1) is 20.6. The molecule has 2 rings (SSSR count). The van der Waals surface area contributed by atoms with Crippen molar-refractivity contribution in [2.75, 3.05) is 5.32 Å². The van der Waals surface area contributed by atoms with Gasteiger partial charge in [-0.25, -0.2) is 21.9 Å². The molecule has 0 fully saturated rings. The maximum absolute atomic E-state index is 12.5. The summed E-state index contributed by atoms with van der Waals surface area (Å²) in [6.45, 7) is 4.97. The van der Waals surface area contributed by atoms with Gasteiger partial charge >= 0.3 is 0 Å². The number of sulfonamides is 1. The average molecular weight is 425 g/mol. The lowest BCUT2D eigenvalue weighted by molar-refractivity contribution is 0.102. The highest BCUT2D eigenvalue weighted by Crippen LogP contribution is 2.27. The van der Waals surface area contributed by atoms with Crippen molar-refractivity contribution in [2.45, 2.75) is 37.6 Å². The summed E-state index contributed by atoms with van der Waals surface area (Å²) < 4.78 is 52.4. The van der Waals surface area contributed by atoms with E-state index in [9.17, 15) is 22.0 Å².